The molecule has 6 heteroatoms. The van der Waals surface area contributed by atoms with Crippen LogP contribution in [-0.4, -0.2) is 30.0 Å². The van der Waals surface area contributed by atoms with E-state index in [1.807, 2.05) is 55.4 Å². The van der Waals surface area contributed by atoms with Gasteiger partial charge in [0.1, 0.15) is 11.6 Å². The predicted octanol–water partition coefficient (Wildman–Crippen LogP) is 4.05. The number of hydrogen-bond acceptors (Lipinski definition) is 5. The van der Waals surface area contributed by atoms with Crippen molar-refractivity contribution in [3.05, 3.63) is 46.9 Å². The van der Waals surface area contributed by atoms with E-state index in [9.17, 15) is 4.79 Å². The highest BCUT2D eigenvalue weighted by Crippen LogP contribution is 2.32. The lowest BCUT2D eigenvalue weighted by atomic mass is 10.1. The topological polar surface area (TPSA) is 55.3 Å². The maximum absolute atomic E-state index is 11.3. The smallest absolute Gasteiger partial charge is 0.308 e. The van der Waals surface area contributed by atoms with Gasteiger partial charge in [0.05, 0.1) is 11.1 Å². The molecular formula is C18H16BrN3O2. The van der Waals surface area contributed by atoms with Crippen LogP contribution in [0.2, 0.25) is 0 Å². The van der Waals surface area contributed by atoms with Crippen LogP contribution >= 0.6 is 15.9 Å². The minimum Gasteiger partial charge on any atom is -0.426 e. The Morgan fingerprint density at radius 2 is 1.88 bits per heavy atom. The first-order valence-electron chi connectivity index (χ1n) is 7.38. The zero-order valence-corrected chi connectivity index (χ0v) is 15.2. The van der Waals surface area contributed by atoms with E-state index in [0.29, 0.717) is 17.1 Å². The molecule has 0 radical (unpaired) electrons. The number of ether oxygens (including phenoxy) is 1. The van der Waals surface area contributed by atoms with Crippen molar-refractivity contribution in [3.8, 4) is 17.1 Å². The molecule has 0 N–H and O–H groups in total. The van der Waals surface area contributed by atoms with Crippen LogP contribution in [0.1, 0.15) is 6.92 Å². The standard InChI is InChI=1S/C18H16BrN3O2/c1-11(23)24-16-7-5-4-6-13(16)17-20-15-9-8-12(19)10-14(15)18(21-17)22(2)3/h4-10H,1-3H3. The first kappa shape index (κ1) is 16.4. The number of carbonyl (C=O) groups is 1. The van der Waals surface area contributed by atoms with Gasteiger partial charge in [0.15, 0.2) is 5.82 Å². The average molecular weight is 386 g/mol. The fraction of sp³-hybridized carbons (Fsp3) is 0.167. The van der Waals surface area contributed by atoms with Crippen LogP contribution < -0.4 is 9.64 Å². The van der Waals surface area contributed by atoms with Gasteiger partial charge < -0.3 is 9.64 Å². The lowest BCUT2D eigenvalue weighted by molar-refractivity contribution is -0.131. The molecule has 3 aromatic rings. The molecule has 1 heterocycles. The summed E-state index contributed by atoms with van der Waals surface area (Å²) in [4.78, 5) is 22.6. The number of nitrogens with zero attached hydrogens (tertiary/aromatic N) is 3. The van der Waals surface area contributed by atoms with E-state index in [1.165, 1.54) is 6.92 Å². The lowest BCUT2D eigenvalue weighted by Crippen LogP contribution is -2.12. The van der Waals surface area contributed by atoms with Crippen molar-refractivity contribution in [2.45, 2.75) is 6.92 Å². The molecule has 122 valence electrons. The number of halogens is 1. The number of rotatable bonds is 3. The van der Waals surface area contributed by atoms with E-state index < -0.39 is 0 Å². The Bertz CT molecular complexity index is 925. The maximum Gasteiger partial charge on any atom is 0.308 e. The van der Waals surface area contributed by atoms with Crippen molar-refractivity contribution >= 4 is 38.6 Å². The molecule has 0 saturated heterocycles. The summed E-state index contributed by atoms with van der Waals surface area (Å²) in [5.74, 6) is 1.39. The summed E-state index contributed by atoms with van der Waals surface area (Å²) in [6.07, 6.45) is 0. The number of carbonyl (C=O) groups excluding carboxylic acids is 1. The van der Waals surface area contributed by atoms with Gasteiger partial charge in [-0.2, -0.15) is 0 Å². The van der Waals surface area contributed by atoms with Gasteiger partial charge in [0.2, 0.25) is 0 Å². The minimum atomic E-state index is -0.375. The SMILES string of the molecule is CC(=O)Oc1ccccc1-c1nc(N(C)C)c2cc(Br)ccc2n1. The van der Waals surface area contributed by atoms with Crippen molar-refractivity contribution in [3.63, 3.8) is 0 Å². The monoisotopic (exact) mass is 385 g/mol. The molecule has 0 amide bonds. The van der Waals surface area contributed by atoms with E-state index in [-0.39, 0.29) is 5.97 Å². The fourth-order valence-corrected chi connectivity index (χ4v) is 2.80. The van der Waals surface area contributed by atoms with E-state index >= 15 is 0 Å². The quantitative estimate of drug-likeness (QED) is 0.502. The van der Waals surface area contributed by atoms with Crippen LogP contribution in [0.4, 0.5) is 5.82 Å². The molecule has 3 rings (SSSR count). The van der Waals surface area contributed by atoms with Gasteiger partial charge >= 0.3 is 5.97 Å². The third-order valence-electron chi connectivity index (χ3n) is 3.44. The summed E-state index contributed by atoms with van der Waals surface area (Å²) in [6.45, 7) is 1.38. The van der Waals surface area contributed by atoms with Crippen LogP contribution in [0.15, 0.2) is 46.9 Å². The number of benzene rings is 2. The molecule has 5 nitrogen and oxygen atoms in total. The van der Waals surface area contributed by atoms with Crippen LogP contribution in [0, 0.1) is 0 Å². The number of hydrogen-bond donors (Lipinski definition) is 0. The van der Waals surface area contributed by atoms with E-state index in [1.54, 1.807) is 6.07 Å². The predicted molar refractivity (Wildman–Crippen MR) is 98.3 cm³/mol. The summed E-state index contributed by atoms with van der Waals surface area (Å²) < 4.78 is 6.26. The molecule has 0 aliphatic heterocycles. The average Bonchev–Trinajstić information content (AvgIpc) is 2.53. The Hall–Kier alpha value is -2.47. The molecule has 0 aliphatic carbocycles. The summed E-state index contributed by atoms with van der Waals surface area (Å²) in [7, 11) is 3.87. The van der Waals surface area contributed by atoms with Crippen LogP contribution in [0.5, 0.6) is 5.75 Å². The summed E-state index contributed by atoms with van der Waals surface area (Å²) in [5.41, 5.74) is 1.50. The molecule has 0 spiro atoms. The third-order valence-corrected chi connectivity index (χ3v) is 3.94. The van der Waals surface area contributed by atoms with Gasteiger partial charge in [-0.25, -0.2) is 9.97 Å². The number of fused-ring (bicyclic) bond motifs is 1. The maximum atomic E-state index is 11.3. The normalized spacial score (nSPS) is 10.7. The number of anilines is 1. The molecule has 0 atom stereocenters. The van der Waals surface area contributed by atoms with Gasteiger partial charge in [0.25, 0.3) is 0 Å². The summed E-state index contributed by atoms with van der Waals surface area (Å²) in [5, 5.41) is 0.947. The van der Waals surface area contributed by atoms with Gasteiger partial charge in [-0.3, -0.25) is 4.79 Å². The van der Waals surface area contributed by atoms with E-state index in [0.717, 1.165) is 21.2 Å². The molecule has 0 bridgehead atoms. The Labute approximate surface area is 148 Å². The van der Waals surface area contributed by atoms with Gasteiger partial charge in [-0.15, -0.1) is 0 Å². The van der Waals surface area contributed by atoms with Gasteiger partial charge in [-0.05, 0) is 30.3 Å². The minimum absolute atomic E-state index is 0.375. The number of para-hydroxylation sites is 1. The van der Waals surface area contributed by atoms with E-state index in [2.05, 4.69) is 25.9 Å². The first-order chi connectivity index (χ1) is 11.5. The molecule has 0 aliphatic rings. The first-order valence-corrected chi connectivity index (χ1v) is 8.17. The molecular weight excluding hydrogens is 370 g/mol. The number of aromatic nitrogens is 2. The molecule has 0 saturated carbocycles. The molecule has 24 heavy (non-hydrogen) atoms. The molecule has 2 aromatic carbocycles. The van der Waals surface area contributed by atoms with Gasteiger partial charge in [0, 0.05) is 30.9 Å². The van der Waals surface area contributed by atoms with Crippen LogP contribution in [0.25, 0.3) is 22.3 Å². The zero-order valence-electron chi connectivity index (χ0n) is 13.6. The van der Waals surface area contributed by atoms with Crippen LogP contribution in [0.3, 0.4) is 0 Å². The van der Waals surface area contributed by atoms with Crippen molar-refractivity contribution in [2.75, 3.05) is 19.0 Å². The number of esters is 1. The highest BCUT2D eigenvalue weighted by Gasteiger charge is 2.15. The Morgan fingerprint density at radius 1 is 1.12 bits per heavy atom. The lowest BCUT2D eigenvalue weighted by Gasteiger charge is -2.16. The highest BCUT2D eigenvalue weighted by atomic mass is 79.9. The molecule has 0 fully saturated rings. The van der Waals surface area contributed by atoms with Gasteiger partial charge in [-0.1, -0.05) is 28.1 Å². The molecule has 0 unspecified atom stereocenters. The largest absolute Gasteiger partial charge is 0.426 e. The second kappa shape index (κ2) is 6.57. The second-order valence-corrected chi connectivity index (χ2v) is 6.43. The van der Waals surface area contributed by atoms with Crippen molar-refractivity contribution in [1.82, 2.24) is 9.97 Å². The van der Waals surface area contributed by atoms with Crippen molar-refractivity contribution in [1.29, 1.82) is 0 Å². The molecule has 1 aromatic heterocycles. The highest BCUT2D eigenvalue weighted by molar-refractivity contribution is 9.10. The Kier molecular flexibility index (Phi) is 4.49. The van der Waals surface area contributed by atoms with E-state index in [4.69, 9.17) is 4.74 Å². The summed E-state index contributed by atoms with van der Waals surface area (Å²) in [6, 6.07) is 13.1. The third kappa shape index (κ3) is 3.23. The second-order valence-electron chi connectivity index (χ2n) is 5.52. The fourth-order valence-electron chi connectivity index (χ4n) is 2.44. The summed E-state index contributed by atoms with van der Waals surface area (Å²) >= 11 is 3.49. The Morgan fingerprint density at radius 3 is 2.58 bits per heavy atom. The van der Waals surface area contributed by atoms with Crippen molar-refractivity contribution < 1.29 is 9.53 Å². The zero-order chi connectivity index (χ0) is 17.3. The van der Waals surface area contributed by atoms with Crippen LogP contribution in [-0.2, 0) is 4.79 Å². The Balaban J connectivity index is 2.25. The van der Waals surface area contributed by atoms with Crippen molar-refractivity contribution in [2.24, 2.45) is 0 Å².